The minimum atomic E-state index is 0.140. The number of aromatic nitrogens is 3. The average molecular weight is 247 g/mol. The van der Waals surface area contributed by atoms with E-state index in [4.69, 9.17) is 4.74 Å². The topological polar surface area (TPSA) is 72.0 Å². The molecular weight excluding hydrogens is 230 g/mol. The molecule has 0 aliphatic carbocycles. The summed E-state index contributed by atoms with van der Waals surface area (Å²) in [6.07, 6.45) is 1.89. The standard InChI is InChI=1S/C12H17N5O/c1-8(18-3)6-14-10-5-4-9-7-15-12(13-2)17-11(9)16-10/h4-5,7-8H,6H2,1-3H3,(H2,13,14,15,16,17)/t8-/m1/s1. The number of rotatable bonds is 5. The molecule has 0 radical (unpaired) electrons. The Morgan fingerprint density at radius 1 is 1.33 bits per heavy atom. The smallest absolute Gasteiger partial charge is 0.224 e. The van der Waals surface area contributed by atoms with E-state index >= 15 is 0 Å². The van der Waals surface area contributed by atoms with Crippen LogP contribution in [0, 0.1) is 0 Å². The number of nitrogens with one attached hydrogen (secondary N) is 2. The fourth-order valence-corrected chi connectivity index (χ4v) is 1.46. The molecule has 96 valence electrons. The second-order valence-corrected chi connectivity index (χ2v) is 3.98. The van der Waals surface area contributed by atoms with E-state index in [1.54, 1.807) is 20.4 Å². The lowest BCUT2D eigenvalue weighted by molar-refractivity contribution is 0.128. The van der Waals surface area contributed by atoms with Crippen molar-refractivity contribution in [2.75, 3.05) is 31.3 Å². The molecule has 2 aromatic rings. The fourth-order valence-electron chi connectivity index (χ4n) is 1.46. The van der Waals surface area contributed by atoms with Gasteiger partial charge < -0.3 is 15.4 Å². The maximum atomic E-state index is 5.17. The summed E-state index contributed by atoms with van der Waals surface area (Å²) in [7, 11) is 3.47. The summed E-state index contributed by atoms with van der Waals surface area (Å²) >= 11 is 0. The Kier molecular flexibility index (Phi) is 3.88. The van der Waals surface area contributed by atoms with Crippen molar-refractivity contribution in [1.82, 2.24) is 15.0 Å². The monoisotopic (exact) mass is 247 g/mol. The number of pyridine rings is 1. The number of hydrogen-bond acceptors (Lipinski definition) is 6. The highest BCUT2D eigenvalue weighted by Crippen LogP contribution is 2.13. The number of fused-ring (bicyclic) bond motifs is 1. The molecule has 6 nitrogen and oxygen atoms in total. The Morgan fingerprint density at radius 3 is 2.89 bits per heavy atom. The second kappa shape index (κ2) is 5.59. The highest BCUT2D eigenvalue weighted by atomic mass is 16.5. The molecule has 6 heteroatoms. The van der Waals surface area contributed by atoms with Gasteiger partial charge in [-0.25, -0.2) is 9.97 Å². The van der Waals surface area contributed by atoms with Crippen LogP contribution in [-0.4, -0.2) is 41.8 Å². The highest BCUT2D eigenvalue weighted by molar-refractivity contribution is 5.76. The lowest BCUT2D eigenvalue weighted by atomic mass is 10.3. The van der Waals surface area contributed by atoms with Gasteiger partial charge in [-0.1, -0.05) is 0 Å². The fraction of sp³-hybridized carbons (Fsp3) is 0.417. The molecule has 2 rings (SSSR count). The van der Waals surface area contributed by atoms with Gasteiger partial charge in [0, 0.05) is 32.3 Å². The van der Waals surface area contributed by atoms with Crippen molar-refractivity contribution < 1.29 is 4.74 Å². The summed E-state index contributed by atoms with van der Waals surface area (Å²) in [5.74, 6) is 1.35. The van der Waals surface area contributed by atoms with E-state index < -0.39 is 0 Å². The Balaban J connectivity index is 2.20. The van der Waals surface area contributed by atoms with Crippen molar-refractivity contribution in [2.24, 2.45) is 0 Å². The van der Waals surface area contributed by atoms with Crippen molar-refractivity contribution in [2.45, 2.75) is 13.0 Å². The van der Waals surface area contributed by atoms with E-state index in [2.05, 4.69) is 25.6 Å². The number of ether oxygens (including phenoxy) is 1. The van der Waals surface area contributed by atoms with Gasteiger partial charge in [-0.15, -0.1) is 0 Å². The van der Waals surface area contributed by atoms with Crippen molar-refractivity contribution in [3.05, 3.63) is 18.3 Å². The van der Waals surface area contributed by atoms with Crippen LogP contribution in [-0.2, 0) is 4.74 Å². The molecule has 0 amide bonds. The Labute approximate surface area is 106 Å². The summed E-state index contributed by atoms with van der Waals surface area (Å²) in [4.78, 5) is 12.9. The highest BCUT2D eigenvalue weighted by Gasteiger charge is 2.03. The molecule has 1 atom stereocenters. The minimum absolute atomic E-state index is 0.140. The van der Waals surface area contributed by atoms with E-state index in [-0.39, 0.29) is 6.10 Å². The van der Waals surface area contributed by atoms with Gasteiger partial charge in [0.15, 0.2) is 5.65 Å². The van der Waals surface area contributed by atoms with Gasteiger partial charge in [-0.05, 0) is 19.1 Å². The summed E-state index contributed by atoms with van der Waals surface area (Å²) in [6, 6.07) is 3.86. The normalized spacial score (nSPS) is 12.4. The van der Waals surface area contributed by atoms with Crippen molar-refractivity contribution in [3.8, 4) is 0 Å². The van der Waals surface area contributed by atoms with Crippen molar-refractivity contribution >= 4 is 22.8 Å². The Morgan fingerprint density at radius 2 is 2.17 bits per heavy atom. The first-order valence-electron chi connectivity index (χ1n) is 5.81. The number of nitrogens with zero attached hydrogens (tertiary/aromatic N) is 3. The van der Waals surface area contributed by atoms with Crippen LogP contribution >= 0.6 is 0 Å². The van der Waals surface area contributed by atoms with Crippen LogP contribution < -0.4 is 10.6 Å². The molecule has 0 spiro atoms. The van der Waals surface area contributed by atoms with Crippen LogP contribution in [0.3, 0.4) is 0 Å². The summed E-state index contributed by atoms with van der Waals surface area (Å²) in [5, 5.41) is 7.02. The number of methoxy groups -OCH3 is 1. The van der Waals surface area contributed by atoms with Crippen LogP contribution in [0.25, 0.3) is 11.0 Å². The molecule has 0 bridgehead atoms. The predicted molar refractivity (Wildman–Crippen MR) is 71.8 cm³/mol. The largest absolute Gasteiger partial charge is 0.380 e. The van der Waals surface area contributed by atoms with Crippen LogP contribution in [0.15, 0.2) is 18.3 Å². The van der Waals surface area contributed by atoms with Crippen LogP contribution in [0.1, 0.15) is 6.92 Å². The lowest BCUT2D eigenvalue weighted by Crippen LogP contribution is -2.18. The van der Waals surface area contributed by atoms with Crippen LogP contribution in [0.2, 0.25) is 0 Å². The molecule has 0 aromatic carbocycles. The molecule has 0 aliphatic heterocycles. The molecule has 0 fully saturated rings. The molecular formula is C12H17N5O. The summed E-state index contributed by atoms with van der Waals surface area (Å²) in [6.45, 7) is 2.70. The maximum absolute atomic E-state index is 5.17. The summed E-state index contributed by atoms with van der Waals surface area (Å²) in [5.41, 5.74) is 0.671. The van der Waals surface area contributed by atoms with Crippen molar-refractivity contribution in [1.29, 1.82) is 0 Å². The minimum Gasteiger partial charge on any atom is -0.380 e. The molecule has 0 saturated heterocycles. The number of hydrogen-bond donors (Lipinski definition) is 2. The number of anilines is 2. The van der Waals surface area contributed by atoms with E-state index in [1.807, 2.05) is 19.1 Å². The third-order valence-electron chi connectivity index (χ3n) is 2.64. The molecule has 2 heterocycles. The molecule has 0 aliphatic rings. The molecule has 2 N–H and O–H groups in total. The SMILES string of the molecule is CNc1ncc2ccc(NC[C@@H](C)OC)nc2n1. The lowest BCUT2D eigenvalue weighted by Gasteiger charge is -2.11. The van der Waals surface area contributed by atoms with Gasteiger partial charge in [0.2, 0.25) is 5.95 Å². The average Bonchev–Trinajstić information content (AvgIpc) is 2.43. The van der Waals surface area contributed by atoms with Crippen LogP contribution in [0.5, 0.6) is 0 Å². The Bertz CT molecular complexity index is 531. The Hall–Kier alpha value is -1.95. The zero-order chi connectivity index (χ0) is 13.0. The van der Waals surface area contributed by atoms with E-state index in [0.717, 1.165) is 11.2 Å². The third kappa shape index (κ3) is 2.84. The van der Waals surface area contributed by atoms with Gasteiger partial charge in [0.1, 0.15) is 5.82 Å². The van der Waals surface area contributed by atoms with E-state index in [0.29, 0.717) is 18.1 Å². The molecule has 2 aromatic heterocycles. The second-order valence-electron chi connectivity index (χ2n) is 3.98. The van der Waals surface area contributed by atoms with Crippen LogP contribution in [0.4, 0.5) is 11.8 Å². The van der Waals surface area contributed by atoms with Gasteiger partial charge in [-0.3, -0.25) is 0 Å². The first-order chi connectivity index (χ1) is 8.72. The predicted octanol–water partition coefficient (Wildman–Crippen LogP) is 1.51. The zero-order valence-electron chi connectivity index (χ0n) is 10.8. The van der Waals surface area contributed by atoms with Crippen molar-refractivity contribution in [3.63, 3.8) is 0 Å². The van der Waals surface area contributed by atoms with Gasteiger partial charge >= 0.3 is 0 Å². The molecule has 18 heavy (non-hydrogen) atoms. The maximum Gasteiger partial charge on any atom is 0.224 e. The van der Waals surface area contributed by atoms with E-state index in [1.165, 1.54) is 0 Å². The first-order valence-corrected chi connectivity index (χ1v) is 5.81. The van der Waals surface area contributed by atoms with Gasteiger partial charge in [0.05, 0.1) is 6.10 Å². The molecule has 0 unspecified atom stereocenters. The summed E-state index contributed by atoms with van der Waals surface area (Å²) < 4.78 is 5.17. The molecule has 0 saturated carbocycles. The first kappa shape index (κ1) is 12.5. The quantitative estimate of drug-likeness (QED) is 0.834. The zero-order valence-corrected chi connectivity index (χ0v) is 10.8. The van der Waals surface area contributed by atoms with E-state index in [9.17, 15) is 0 Å². The third-order valence-corrected chi connectivity index (χ3v) is 2.64. The van der Waals surface area contributed by atoms with Gasteiger partial charge in [0.25, 0.3) is 0 Å². The van der Waals surface area contributed by atoms with Gasteiger partial charge in [-0.2, -0.15) is 4.98 Å².